The van der Waals surface area contributed by atoms with Crippen molar-refractivity contribution in [2.24, 2.45) is 11.0 Å². The average molecular weight is 353 g/mol. The number of nitrogens with zero attached hydrogens (tertiary/aromatic N) is 1. The van der Waals surface area contributed by atoms with Crippen molar-refractivity contribution in [1.29, 1.82) is 0 Å². The molecule has 0 aromatic heterocycles. The van der Waals surface area contributed by atoms with E-state index in [0.717, 1.165) is 5.56 Å². The van der Waals surface area contributed by atoms with E-state index in [1.165, 1.54) is 0 Å². The summed E-state index contributed by atoms with van der Waals surface area (Å²) in [5.74, 6) is 0.815. The van der Waals surface area contributed by atoms with Crippen LogP contribution in [0.3, 0.4) is 0 Å². The Morgan fingerprint density at radius 2 is 2.04 bits per heavy atom. The number of rotatable bonds is 7. The first-order valence-electron chi connectivity index (χ1n) is 7.97. The number of benzene rings is 1. The van der Waals surface area contributed by atoms with E-state index < -0.39 is 24.3 Å². The Bertz CT molecular complexity index is 601. The predicted molar refractivity (Wildman–Crippen MR) is 91.6 cm³/mol. The van der Waals surface area contributed by atoms with Gasteiger partial charge in [0.15, 0.2) is 5.84 Å². The fourth-order valence-corrected chi connectivity index (χ4v) is 1.96. The van der Waals surface area contributed by atoms with E-state index in [1.807, 2.05) is 12.1 Å². The maximum absolute atomic E-state index is 13.1. The van der Waals surface area contributed by atoms with Gasteiger partial charge in [-0.3, -0.25) is 9.82 Å². The zero-order valence-corrected chi connectivity index (χ0v) is 14.6. The minimum atomic E-state index is -0.605. The van der Waals surface area contributed by atoms with Gasteiger partial charge in [0.05, 0.1) is 13.3 Å². The third-order valence-corrected chi connectivity index (χ3v) is 3.17. The van der Waals surface area contributed by atoms with Gasteiger partial charge in [-0.05, 0) is 45.0 Å². The normalized spacial score (nSPS) is 14.8. The van der Waals surface area contributed by atoms with Crippen LogP contribution in [-0.2, 0) is 4.74 Å². The summed E-state index contributed by atoms with van der Waals surface area (Å²) in [6.07, 6.45) is -0.567. The molecule has 1 atom stereocenters. The quantitative estimate of drug-likeness (QED) is 0.593. The summed E-state index contributed by atoms with van der Waals surface area (Å²) in [7, 11) is 0. The number of hydrazone groups is 1. The number of hydrogen-bond acceptors (Lipinski definition) is 7. The van der Waals surface area contributed by atoms with Crippen LogP contribution < -0.4 is 26.5 Å². The van der Waals surface area contributed by atoms with E-state index in [-0.39, 0.29) is 13.2 Å². The lowest BCUT2D eigenvalue weighted by Gasteiger charge is -2.21. The monoisotopic (exact) mass is 353 g/mol. The van der Waals surface area contributed by atoms with Gasteiger partial charge >= 0.3 is 6.09 Å². The summed E-state index contributed by atoms with van der Waals surface area (Å²) in [6.45, 7) is 4.99. The van der Waals surface area contributed by atoms with Crippen LogP contribution in [-0.4, -0.2) is 37.4 Å². The average Bonchev–Trinajstić information content (AvgIpc) is 3.08. The molecule has 0 saturated heterocycles. The molecule has 8 nitrogen and oxygen atoms in total. The second-order valence-corrected chi connectivity index (χ2v) is 6.56. The molecular weight excluding hydrogens is 329 g/mol. The molecular formula is C16H24FN5O3. The third-order valence-electron chi connectivity index (χ3n) is 3.17. The van der Waals surface area contributed by atoms with Crippen LogP contribution in [0.4, 0.5) is 9.18 Å². The van der Waals surface area contributed by atoms with Crippen LogP contribution in [0, 0.1) is 5.92 Å². The van der Waals surface area contributed by atoms with Gasteiger partial charge in [-0.25, -0.2) is 10.3 Å². The largest absolute Gasteiger partial charge is 0.493 e. The summed E-state index contributed by atoms with van der Waals surface area (Å²) in [4.78, 5) is 11.6. The molecule has 0 radical (unpaired) electrons. The summed E-state index contributed by atoms with van der Waals surface area (Å²) >= 11 is 0. The van der Waals surface area contributed by atoms with E-state index in [0.29, 0.717) is 11.6 Å². The number of carbonyl (C=O) groups is 1. The summed E-state index contributed by atoms with van der Waals surface area (Å²) < 4.78 is 23.8. The molecule has 1 aromatic rings. The smallest absolute Gasteiger partial charge is 0.407 e. The van der Waals surface area contributed by atoms with Crippen molar-refractivity contribution < 1.29 is 18.7 Å². The highest BCUT2D eigenvalue weighted by atomic mass is 19.1. The minimum absolute atomic E-state index is 0.140. The van der Waals surface area contributed by atoms with Gasteiger partial charge in [0.25, 0.3) is 0 Å². The number of amides is 1. The lowest BCUT2D eigenvalue weighted by Crippen LogP contribution is -2.37. The predicted octanol–water partition coefficient (Wildman–Crippen LogP) is 1.45. The van der Waals surface area contributed by atoms with Crippen molar-refractivity contribution in [1.82, 2.24) is 21.8 Å². The van der Waals surface area contributed by atoms with Crippen LogP contribution in [0.25, 0.3) is 0 Å². The van der Waals surface area contributed by atoms with Gasteiger partial charge in [-0.1, -0.05) is 0 Å². The molecule has 1 heterocycles. The zero-order chi connectivity index (χ0) is 18.3. The summed E-state index contributed by atoms with van der Waals surface area (Å²) in [6, 6.07) is 7.21. The molecule has 1 unspecified atom stereocenters. The molecule has 0 fully saturated rings. The van der Waals surface area contributed by atoms with Crippen molar-refractivity contribution in [2.75, 3.05) is 19.8 Å². The highest BCUT2D eigenvalue weighted by Gasteiger charge is 2.18. The van der Waals surface area contributed by atoms with E-state index in [2.05, 4.69) is 26.9 Å². The number of hydrazine groups is 2. The topological polar surface area (TPSA) is 96.0 Å². The number of ether oxygens (including phenoxy) is 2. The van der Waals surface area contributed by atoms with Crippen LogP contribution in [0.15, 0.2) is 29.4 Å². The van der Waals surface area contributed by atoms with Crippen molar-refractivity contribution in [3.63, 3.8) is 0 Å². The Labute approximate surface area is 146 Å². The van der Waals surface area contributed by atoms with E-state index in [9.17, 15) is 9.18 Å². The number of amidine groups is 1. The van der Waals surface area contributed by atoms with E-state index in [4.69, 9.17) is 9.47 Å². The molecule has 4 N–H and O–H groups in total. The van der Waals surface area contributed by atoms with Gasteiger partial charge in [-0.15, -0.1) is 10.6 Å². The van der Waals surface area contributed by atoms with Gasteiger partial charge < -0.3 is 14.8 Å². The van der Waals surface area contributed by atoms with Crippen molar-refractivity contribution in [3.05, 3.63) is 29.8 Å². The number of carbonyl (C=O) groups excluding carboxylic acids is 1. The SMILES string of the molecule is CC(C)(C)OC(=O)NCC(CF)COc1ccc(C2=NNNN2)cc1. The van der Waals surface area contributed by atoms with Crippen LogP contribution in [0.2, 0.25) is 0 Å². The molecule has 0 spiro atoms. The summed E-state index contributed by atoms with van der Waals surface area (Å²) in [5, 5.41) is 6.54. The number of halogens is 1. The number of hydrogen-bond donors (Lipinski definition) is 4. The fourth-order valence-electron chi connectivity index (χ4n) is 1.96. The number of alkyl halides is 1. The Kier molecular flexibility index (Phi) is 6.40. The highest BCUT2D eigenvalue weighted by molar-refractivity contribution is 5.98. The molecule has 1 amide bonds. The molecule has 1 aliphatic heterocycles. The third kappa shape index (κ3) is 6.46. The van der Waals surface area contributed by atoms with Gasteiger partial charge in [0, 0.05) is 18.0 Å². The number of nitrogens with one attached hydrogen (secondary N) is 4. The molecule has 0 saturated carbocycles. The Hall–Kier alpha value is -2.55. The molecule has 9 heteroatoms. The molecule has 0 bridgehead atoms. The Balaban J connectivity index is 1.77. The van der Waals surface area contributed by atoms with Crippen LogP contribution >= 0.6 is 0 Å². The maximum atomic E-state index is 13.1. The fraction of sp³-hybridized carbons (Fsp3) is 0.500. The number of alkyl carbamates (subject to hydrolysis) is 1. The van der Waals surface area contributed by atoms with Crippen molar-refractivity contribution in [2.45, 2.75) is 26.4 Å². The van der Waals surface area contributed by atoms with Gasteiger partial charge in [0.1, 0.15) is 11.4 Å². The van der Waals surface area contributed by atoms with Crippen LogP contribution in [0.5, 0.6) is 5.75 Å². The lowest BCUT2D eigenvalue weighted by atomic mass is 10.2. The molecule has 25 heavy (non-hydrogen) atoms. The Morgan fingerprint density at radius 3 is 2.60 bits per heavy atom. The van der Waals surface area contributed by atoms with Gasteiger partial charge in [0.2, 0.25) is 0 Å². The molecule has 138 valence electrons. The van der Waals surface area contributed by atoms with E-state index in [1.54, 1.807) is 32.9 Å². The Morgan fingerprint density at radius 1 is 1.32 bits per heavy atom. The maximum Gasteiger partial charge on any atom is 0.407 e. The minimum Gasteiger partial charge on any atom is -0.493 e. The van der Waals surface area contributed by atoms with Gasteiger partial charge in [-0.2, -0.15) is 0 Å². The van der Waals surface area contributed by atoms with Crippen LogP contribution in [0.1, 0.15) is 26.3 Å². The zero-order valence-electron chi connectivity index (χ0n) is 14.6. The molecule has 1 aromatic carbocycles. The molecule has 0 aliphatic carbocycles. The highest BCUT2D eigenvalue weighted by Crippen LogP contribution is 2.14. The van der Waals surface area contributed by atoms with Crippen molar-refractivity contribution >= 4 is 11.9 Å². The second kappa shape index (κ2) is 8.52. The second-order valence-electron chi connectivity index (χ2n) is 6.56. The molecule has 1 aliphatic rings. The summed E-state index contributed by atoms with van der Waals surface area (Å²) in [5.41, 5.74) is 8.36. The van der Waals surface area contributed by atoms with Crippen molar-refractivity contribution in [3.8, 4) is 5.75 Å². The first-order chi connectivity index (χ1) is 11.9. The molecule has 2 rings (SSSR count). The lowest BCUT2D eigenvalue weighted by molar-refractivity contribution is 0.0511. The first-order valence-corrected chi connectivity index (χ1v) is 7.97. The van der Waals surface area contributed by atoms with E-state index >= 15 is 0 Å². The standard InChI is InChI=1S/C16H24FN5O3/c1-16(2,3)25-15(23)18-9-11(8-17)10-24-13-6-4-12(5-7-13)14-19-21-22-20-14/h4-7,11,21-22H,8-10H2,1-3H3,(H,18,23)(H,19,20). The first kappa shape index (κ1) is 18.8.